The lowest BCUT2D eigenvalue weighted by Gasteiger charge is -1.93. The Hall–Kier alpha value is -0.570. The minimum absolute atomic E-state index is 0.0419. The van der Waals surface area contributed by atoms with E-state index in [2.05, 4.69) is 0 Å². The van der Waals surface area contributed by atoms with Crippen molar-refractivity contribution in [2.75, 3.05) is 6.54 Å². The molecular weight excluding hydrogens is 118 g/mol. The molecule has 0 unspecified atom stereocenters. The molecule has 0 fully saturated rings. The monoisotopic (exact) mass is 135 g/mol. The van der Waals surface area contributed by atoms with Gasteiger partial charge in [-0.2, -0.15) is 0 Å². The topological polar surface area (TPSA) is 63.3 Å². The fourth-order valence-corrected chi connectivity index (χ4v) is 0.329. The highest BCUT2D eigenvalue weighted by Crippen LogP contribution is 1.97. The summed E-state index contributed by atoms with van der Waals surface area (Å²) in [7, 11) is 0. The zero-order valence-corrected chi connectivity index (χ0v) is 5.05. The quantitative estimate of drug-likeness (QED) is 0.580. The molecule has 0 aromatic carbocycles. The average Bonchev–Trinajstić information content (AvgIpc) is 1.83. The molecule has 3 nitrogen and oxygen atoms in total. The minimum Gasteiger partial charge on any atom is -0.481 e. The second kappa shape index (κ2) is 5.56. The second-order valence-electron chi connectivity index (χ2n) is 1.45. The van der Waals surface area contributed by atoms with Crippen LogP contribution in [0.4, 0.5) is 0 Å². The predicted molar refractivity (Wildman–Crippen MR) is 35.2 cm³/mol. The van der Waals surface area contributed by atoms with E-state index >= 15 is 0 Å². The van der Waals surface area contributed by atoms with Crippen LogP contribution in [0, 0.1) is 0 Å². The lowest BCUT2D eigenvalue weighted by Crippen LogP contribution is -1.99. The first-order valence-corrected chi connectivity index (χ1v) is 2.65. The fraction of sp³-hybridized carbons (Fsp3) is 0.833. The summed E-state index contributed by atoms with van der Waals surface area (Å²) in [5, 5.41) is 8.40. The third-order valence-corrected chi connectivity index (χ3v) is 0.686. The maximum absolute atomic E-state index is 10.3. The van der Waals surface area contributed by atoms with Crippen molar-refractivity contribution < 1.29 is 15.4 Å². The zero-order chi connectivity index (χ0) is 10.7. The Bertz CT molecular complexity index is 195. The molecule has 0 spiro atoms. The molecule has 0 aromatic rings. The summed E-state index contributed by atoms with van der Waals surface area (Å²) in [6.07, 6.45) is -5.11. The Morgan fingerprint density at radius 2 is 2.33 bits per heavy atom. The molecule has 0 saturated carbocycles. The molecule has 0 radical (unpaired) electrons. The normalized spacial score (nSPS) is 19.2. The molecule has 0 bridgehead atoms. The van der Waals surface area contributed by atoms with Crippen molar-refractivity contribution in [2.45, 2.75) is 25.6 Å². The van der Waals surface area contributed by atoms with Crippen LogP contribution < -0.4 is 5.73 Å². The molecule has 0 rings (SSSR count). The van der Waals surface area contributed by atoms with E-state index < -0.39 is 25.1 Å². The minimum atomic E-state index is -2.53. The summed E-state index contributed by atoms with van der Waals surface area (Å²) in [5.41, 5.74) is 5.10. The summed E-state index contributed by atoms with van der Waals surface area (Å²) in [4.78, 5) is 10.3. The zero-order valence-electron chi connectivity index (χ0n) is 9.05. The average molecular weight is 135 g/mol. The third kappa shape index (κ3) is 7.43. The second-order valence-corrected chi connectivity index (χ2v) is 1.45. The van der Waals surface area contributed by atoms with E-state index in [0.29, 0.717) is 0 Å². The van der Waals surface area contributed by atoms with E-state index in [0.717, 1.165) is 0 Å². The highest BCUT2D eigenvalue weighted by atomic mass is 16.4. The molecule has 9 heavy (non-hydrogen) atoms. The molecule has 0 saturated heterocycles. The van der Waals surface area contributed by atoms with Crippen LogP contribution in [0.2, 0.25) is 0 Å². The van der Waals surface area contributed by atoms with Gasteiger partial charge in [-0.15, -0.1) is 0 Å². The molecule has 0 heterocycles. The maximum atomic E-state index is 10.3. The first-order chi connectivity index (χ1) is 5.71. The van der Waals surface area contributed by atoms with Crippen LogP contribution in [0.15, 0.2) is 0 Å². The van der Waals surface area contributed by atoms with Gasteiger partial charge in [-0.25, -0.2) is 0 Å². The lowest BCUT2D eigenvalue weighted by molar-refractivity contribution is -0.137. The Labute approximate surface area is 60.5 Å². The molecule has 0 aliphatic rings. The predicted octanol–water partition coefficient (Wildman–Crippen LogP) is 0.590. The number of carbonyl (C=O) groups is 1. The summed E-state index contributed by atoms with van der Waals surface area (Å²) in [6, 6.07) is 0. The number of nitrogens with two attached hydrogens (primary N) is 1. The Morgan fingerprint density at radius 1 is 1.67 bits per heavy atom. The van der Waals surface area contributed by atoms with Gasteiger partial charge < -0.3 is 10.8 Å². The number of hydrogen-bond donors (Lipinski definition) is 2. The van der Waals surface area contributed by atoms with Gasteiger partial charge in [0.15, 0.2) is 0 Å². The third-order valence-electron chi connectivity index (χ3n) is 0.686. The van der Waals surface area contributed by atoms with Gasteiger partial charge in [-0.1, -0.05) is 6.37 Å². The van der Waals surface area contributed by atoms with Gasteiger partial charge in [0.1, 0.15) is 0 Å². The summed E-state index contributed by atoms with van der Waals surface area (Å²) in [5.74, 6) is -1.65. The van der Waals surface area contributed by atoms with Crippen LogP contribution >= 0.6 is 0 Å². The van der Waals surface area contributed by atoms with Crippen LogP contribution in [-0.4, -0.2) is 17.6 Å². The summed E-state index contributed by atoms with van der Waals surface area (Å²) < 4.78 is 28.5. The molecule has 0 aromatic heterocycles. The summed E-state index contributed by atoms with van der Waals surface area (Å²) in [6.45, 7) is 0.0721. The van der Waals surface area contributed by atoms with Crippen molar-refractivity contribution in [3.05, 3.63) is 0 Å². The van der Waals surface area contributed by atoms with E-state index in [9.17, 15) is 4.79 Å². The molecule has 0 aliphatic carbocycles. The van der Waals surface area contributed by atoms with Gasteiger partial charge in [0.2, 0.25) is 0 Å². The van der Waals surface area contributed by atoms with Crippen LogP contribution in [-0.2, 0) is 4.79 Å². The SMILES string of the molecule is [2H]C([2H])(CCN)CC([2H])([2H])C(=O)O. The molecular formula is C6H13NO2. The van der Waals surface area contributed by atoms with Crippen LogP contribution in [0.3, 0.4) is 0 Å². The first kappa shape index (κ1) is 3.56. The van der Waals surface area contributed by atoms with E-state index in [-0.39, 0.29) is 13.0 Å². The number of carboxylic acids is 1. The Morgan fingerprint density at radius 3 is 2.78 bits per heavy atom. The van der Waals surface area contributed by atoms with Crippen LogP contribution in [0.5, 0.6) is 0 Å². The maximum Gasteiger partial charge on any atom is 0.303 e. The lowest BCUT2D eigenvalue weighted by atomic mass is 10.2. The van der Waals surface area contributed by atoms with Crippen molar-refractivity contribution in [2.24, 2.45) is 5.73 Å². The Balaban J connectivity index is 4.33. The Kier molecular flexibility index (Phi) is 2.20. The summed E-state index contributed by atoms with van der Waals surface area (Å²) >= 11 is 0. The van der Waals surface area contributed by atoms with Crippen molar-refractivity contribution >= 4 is 5.97 Å². The van der Waals surface area contributed by atoms with Gasteiger partial charge in [-0.05, 0) is 19.4 Å². The highest BCUT2D eigenvalue weighted by molar-refractivity contribution is 5.66. The highest BCUT2D eigenvalue weighted by Gasteiger charge is 1.94. The molecule has 0 amide bonds. The first-order valence-electron chi connectivity index (χ1n) is 4.65. The van der Waals surface area contributed by atoms with Crippen molar-refractivity contribution in [1.29, 1.82) is 0 Å². The molecule has 3 heteroatoms. The fourth-order valence-electron chi connectivity index (χ4n) is 0.329. The number of hydrogen-bond acceptors (Lipinski definition) is 2. The van der Waals surface area contributed by atoms with Crippen molar-refractivity contribution in [3.8, 4) is 0 Å². The van der Waals surface area contributed by atoms with Gasteiger partial charge in [0.25, 0.3) is 0 Å². The number of rotatable bonds is 5. The molecule has 0 aliphatic heterocycles. The van der Waals surface area contributed by atoms with E-state index in [1.54, 1.807) is 0 Å². The largest absolute Gasteiger partial charge is 0.481 e. The van der Waals surface area contributed by atoms with Crippen LogP contribution in [0.25, 0.3) is 0 Å². The van der Waals surface area contributed by atoms with E-state index in [1.807, 2.05) is 0 Å². The van der Waals surface area contributed by atoms with Crippen molar-refractivity contribution in [3.63, 3.8) is 0 Å². The number of aliphatic carboxylic acids is 1. The van der Waals surface area contributed by atoms with Gasteiger partial charge in [0.05, 0.1) is 0 Å². The molecule has 0 atom stereocenters. The van der Waals surface area contributed by atoms with Crippen LogP contribution in [0.1, 0.15) is 31.1 Å². The van der Waals surface area contributed by atoms with Crippen molar-refractivity contribution in [1.82, 2.24) is 0 Å². The van der Waals surface area contributed by atoms with E-state index in [4.69, 9.17) is 16.3 Å². The molecule has 54 valence electrons. The van der Waals surface area contributed by atoms with Gasteiger partial charge in [-0.3, -0.25) is 4.79 Å². The number of carboxylic acid groups (broad SMARTS) is 1. The van der Waals surface area contributed by atoms with Gasteiger partial charge >= 0.3 is 5.97 Å². The standard InChI is InChI=1S/C6H13NO2/c7-5-3-1-2-4-6(8)9/h1-5,7H2,(H,8,9)/i1D2,4D2. The molecule has 3 N–H and O–H groups in total. The smallest absolute Gasteiger partial charge is 0.303 e. The van der Waals surface area contributed by atoms with Gasteiger partial charge in [0, 0.05) is 11.9 Å². The van der Waals surface area contributed by atoms with E-state index in [1.165, 1.54) is 0 Å².